The number of carbonyl (C=O) groups excluding carboxylic acids is 1. The van der Waals surface area contributed by atoms with Gasteiger partial charge in [0.15, 0.2) is 0 Å². The van der Waals surface area contributed by atoms with Crippen LogP contribution in [0.4, 0.5) is 0 Å². The molecular weight excluding hydrogens is 172 g/mol. The number of hydrogen-bond acceptors (Lipinski definition) is 4. The zero-order valence-corrected chi connectivity index (χ0v) is 7.01. The summed E-state index contributed by atoms with van der Waals surface area (Å²) in [5.41, 5.74) is 0. The monoisotopic (exact) mass is 182 g/mol. The molecule has 0 heterocycles. The molecule has 1 atom stereocenters. The van der Waals surface area contributed by atoms with Crippen LogP contribution in [-0.2, 0) is 19.7 Å². The van der Waals surface area contributed by atoms with Crippen LogP contribution in [0.2, 0.25) is 0 Å². The highest BCUT2D eigenvalue weighted by Crippen LogP contribution is 1.86. The SMILES string of the molecule is COC(=O)[C@H](C)NS(N)(=O)=O. The van der Waals surface area contributed by atoms with Crippen LogP contribution in [0, 0.1) is 0 Å². The molecule has 3 N–H and O–H groups in total. The molecule has 0 radical (unpaired) electrons. The van der Waals surface area contributed by atoms with Crippen molar-refractivity contribution in [3.05, 3.63) is 0 Å². The standard InChI is InChI=1S/C4H10N2O4S/c1-3(4(7)10-2)6-11(5,8)9/h3,6H,1-2H3,(H2,5,8,9)/t3-/m0/s1. The lowest BCUT2D eigenvalue weighted by Gasteiger charge is -2.07. The molecule has 0 unspecified atom stereocenters. The van der Waals surface area contributed by atoms with E-state index in [0.717, 1.165) is 7.11 Å². The molecular formula is C4H10N2O4S. The van der Waals surface area contributed by atoms with Crippen LogP contribution in [-0.4, -0.2) is 27.5 Å². The van der Waals surface area contributed by atoms with Crippen molar-refractivity contribution in [3.63, 3.8) is 0 Å². The number of rotatable bonds is 3. The van der Waals surface area contributed by atoms with E-state index in [1.807, 2.05) is 4.72 Å². The number of esters is 1. The van der Waals surface area contributed by atoms with Crippen LogP contribution >= 0.6 is 0 Å². The van der Waals surface area contributed by atoms with Gasteiger partial charge in [-0.05, 0) is 6.92 Å². The smallest absolute Gasteiger partial charge is 0.323 e. The van der Waals surface area contributed by atoms with E-state index in [4.69, 9.17) is 0 Å². The molecule has 0 saturated heterocycles. The minimum absolute atomic E-state index is 0.681. The van der Waals surface area contributed by atoms with Crippen molar-refractivity contribution in [1.29, 1.82) is 0 Å². The summed E-state index contributed by atoms with van der Waals surface area (Å²) < 4.78 is 26.7. The van der Waals surface area contributed by atoms with Gasteiger partial charge in [0, 0.05) is 0 Å². The molecule has 0 amide bonds. The second-order valence-corrected chi connectivity index (χ2v) is 3.23. The summed E-state index contributed by atoms with van der Waals surface area (Å²) in [6, 6.07) is -0.949. The minimum atomic E-state index is -3.83. The number of nitrogens with one attached hydrogen (secondary N) is 1. The third-order valence-electron chi connectivity index (χ3n) is 0.896. The van der Waals surface area contributed by atoms with Crippen LogP contribution in [0.5, 0.6) is 0 Å². The Kier molecular flexibility index (Phi) is 3.43. The Balaban J connectivity index is 4.09. The highest BCUT2D eigenvalue weighted by molar-refractivity contribution is 7.87. The van der Waals surface area contributed by atoms with Gasteiger partial charge in [-0.25, -0.2) is 5.14 Å². The first-order valence-electron chi connectivity index (χ1n) is 2.74. The molecule has 0 bridgehead atoms. The lowest BCUT2D eigenvalue weighted by molar-refractivity contribution is -0.142. The van der Waals surface area contributed by atoms with Gasteiger partial charge in [-0.2, -0.15) is 13.1 Å². The molecule has 0 spiro atoms. The summed E-state index contributed by atoms with van der Waals surface area (Å²) in [6.07, 6.45) is 0. The van der Waals surface area contributed by atoms with Gasteiger partial charge in [0.25, 0.3) is 10.2 Å². The van der Waals surface area contributed by atoms with E-state index in [9.17, 15) is 13.2 Å². The fraction of sp³-hybridized carbons (Fsp3) is 0.750. The van der Waals surface area contributed by atoms with E-state index in [0.29, 0.717) is 0 Å². The lowest BCUT2D eigenvalue weighted by Crippen LogP contribution is -2.42. The number of ether oxygens (including phenoxy) is 1. The largest absolute Gasteiger partial charge is 0.468 e. The van der Waals surface area contributed by atoms with E-state index >= 15 is 0 Å². The van der Waals surface area contributed by atoms with E-state index in [-0.39, 0.29) is 0 Å². The average molecular weight is 182 g/mol. The molecule has 0 fully saturated rings. The Morgan fingerprint density at radius 1 is 1.64 bits per heavy atom. The summed E-state index contributed by atoms with van der Waals surface area (Å²) >= 11 is 0. The van der Waals surface area contributed by atoms with Gasteiger partial charge in [-0.15, -0.1) is 0 Å². The second-order valence-electron chi connectivity index (χ2n) is 1.91. The fourth-order valence-electron chi connectivity index (χ4n) is 0.471. The van der Waals surface area contributed by atoms with Gasteiger partial charge >= 0.3 is 5.97 Å². The Hall–Kier alpha value is -0.660. The van der Waals surface area contributed by atoms with E-state index in [1.54, 1.807) is 0 Å². The summed E-state index contributed by atoms with van der Waals surface area (Å²) in [5.74, 6) is -0.681. The van der Waals surface area contributed by atoms with Crippen LogP contribution in [0.25, 0.3) is 0 Å². The van der Waals surface area contributed by atoms with Gasteiger partial charge in [0.1, 0.15) is 6.04 Å². The van der Waals surface area contributed by atoms with Crippen LogP contribution in [0.15, 0.2) is 0 Å². The molecule has 0 rings (SSSR count). The van der Waals surface area contributed by atoms with Crippen LogP contribution in [0.3, 0.4) is 0 Å². The van der Waals surface area contributed by atoms with Crippen molar-refractivity contribution < 1.29 is 17.9 Å². The molecule has 66 valence electrons. The first-order chi connectivity index (χ1) is 4.87. The third-order valence-corrected chi connectivity index (χ3v) is 1.58. The molecule has 11 heavy (non-hydrogen) atoms. The Morgan fingerprint density at radius 2 is 2.09 bits per heavy atom. The minimum Gasteiger partial charge on any atom is -0.468 e. The first kappa shape index (κ1) is 10.3. The Bertz CT molecular complexity index is 234. The third kappa shape index (κ3) is 4.71. The summed E-state index contributed by atoms with van der Waals surface area (Å²) in [7, 11) is -2.67. The maximum Gasteiger partial charge on any atom is 0.323 e. The predicted molar refractivity (Wildman–Crippen MR) is 37.7 cm³/mol. The molecule has 0 aliphatic heterocycles. The summed E-state index contributed by atoms with van der Waals surface area (Å²) in [4.78, 5) is 10.6. The van der Waals surface area contributed by atoms with Crippen molar-refractivity contribution in [2.75, 3.05) is 7.11 Å². The number of nitrogens with two attached hydrogens (primary N) is 1. The van der Waals surface area contributed by atoms with Crippen molar-refractivity contribution in [1.82, 2.24) is 4.72 Å². The molecule has 0 aliphatic rings. The fourth-order valence-corrected chi connectivity index (χ4v) is 1.06. The van der Waals surface area contributed by atoms with E-state index in [2.05, 4.69) is 9.88 Å². The second kappa shape index (κ2) is 3.65. The number of methoxy groups -OCH3 is 1. The number of carbonyl (C=O) groups is 1. The molecule has 7 heteroatoms. The topological polar surface area (TPSA) is 98.5 Å². The molecule has 0 aromatic rings. The first-order valence-corrected chi connectivity index (χ1v) is 4.29. The van der Waals surface area contributed by atoms with Crippen molar-refractivity contribution in [3.8, 4) is 0 Å². The normalized spacial score (nSPS) is 14.1. The molecule has 0 aromatic carbocycles. The lowest BCUT2D eigenvalue weighted by atomic mass is 10.4. The van der Waals surface area contributed by atoms with Crippen molar-refractivity contribution in [2.45, 2.75) is 13.0 Å². The van der Waals surface area contributed by atoms with E-state index in [1.165, 1.54) is 6.92 Å². The average Bonchev–Trinajstić information content (AvgIpc) is 1.82. The maximum absolute atomic E-state index is 10.6. The number of hydrogen-bond donors (Lipinski definition) is 2. The molecule has 0 aromatic heterocycles. The summed E-state index contributed by atoms with van der Waals surface area (Å²) in [6.45, 7) is 1.33. The Morgan fingerprint density at radius 3 is 2.36 bits per heavy atom. The van der Waals surface area contributed by atoms with E-state index < -0.39 is 22.2 Å². The maximum atomic E-state index is 10.6. The molecule has 0 saturated carbocycles. The highest BCUT2D eigenvalue weighted by Gasteiger charge is 2.16. The zero-order valence-electron chi connectivity index (χ0n) is 6.20. The van der Waals surface area contributed by atoms with Gasteiger partial charge in [-0.1, -0.05) is 0 Å². The highest BCUT2D eigenvalue weighted by atomic mass is 32.2. The summed E-state index contributed by atoms with van der Waals surface area (Å²) in [5, 5.41) is 4.58. The zero-order chi connectivity index (χ0) is 9.07. The molecule has 6 nitrogen and oxygen atoms in total. The van der Waals surface area contributed by atoms with Crippen molar-refractivity contribution >= 4 is 16.2 Å². The van der Waals surface area contributed by atoms with Gasteiger partial charge < -0.3 is 4.74 Å². The quantitative estimate of drug-likeness (QED) is 0.510. The van der Waals surface area contributed by atoms with Gasteiger partial charge in [-0.3, -0.25) is 4.79 Å². The van der Waals surface area contributed by atoms with Gasteiger partial charge in [0.2, 0.25) is 0 Å². The predicted octanol–water partition coefficient (Wildman–Crippen LogP) is -1.66. The Labute approximate surface area is 64.9 Å². The molecule has 0 aliphatic carbocycles. The van der Waals surface area contributed by atoms with Crippen LogP contribution < -0.4 is 9.86 Å². The van der Waals surface area contributed by atoms with Gasteiger partial charge in [0.05, 0.1) is 7.11 Å². The van der Waals surface area contributed by atoms with Crippen molar-refractivity contribution in [2.24, 2.45) is 5.14 Å². The van der Waals surface area contributed by atoms with Crippen LogP contribution in [0.1, 0.15) is 6.92 Å².